The molecule has 1 N–H and O–H groups in total. The smallest absolute Gasteiger partial charge is 0.241 e. The predicted molar refractivity (Wildman–Crippen MR) is 76.6 cm³/mol. The zero-order chi connectivity index (χ0) is 14.0. The Kier molecular flexibility index (Phi) is 4.22. The first-order valence-electron chi connectivity index (χ1n) is 6.78. The number of benzene rings is 1. The number of hydrogen-bond donors (Lipinski definition) is 1. The van der Waals surface area contributed by atoms with E-state index in [1.165, 1.54) is 0 Å². The molecule has 1 heterocycles. The van der Waals surface area contributed by atoms with Gasteiger partial charge in [0.15, 0.2) is 0 Å². The zero-order valence-corrected chi connectivity index (χ0v) is 12.1. The monoisotopic (exact) mass is 261 g/mol. The topological polar surface area (TPSA) is 35.6 Å². The molecule has 0 aliphatic carbocycles. The predicted octanol–water partition coefficient (Wildman–Crippen LogP) is 1.46. The lowest BCUT2D eigenvalue weighted by Gasteiger charge is -2.30. The molecule has 0 saturated carbocycles. The molecule has 3 atom stereocenters. The number of carbonyl (C=O) groups is 1. The summed E-state index contributed by atoms with van der Waals surface area (Å²) in [6.07, 6.45) is -0.00824. The summed E-state index contributed by atoms with van der Waals surface area (Å²) < 4.78 is 0. The van der Waals surface area contributed by atoms with Crippen molar-refractivity contribution in [2.24, 2.45) is 0 Å². The summed E-state index contributed by atoms with van der Waals surface area (Å²) in [5.41, 5.74) is 1.14. The van der Waals surface area contributed by atoms with Gasteiger partial charge in [-0.3, -0.25) is 10.1 Å². The van der Waals surface area contributed by atoms with Crippen LogP contribution >= 0.6 is 0 Å². The van der Waals surface area contributed by atoms with Gasteiger partial charge in [0, 0.05) is 12.6 Å². The maximum atomic E-state index is 12.3. The molecule has 0 bridgehead atoms. The standard InChI is InChI=1S/C15H23N3O/c1-11(17(3)4)10-18-14(16-12(2)15(18)19)13-8-6-5-7-9-13/h5-9,11-12,14,16H,10H2,1-4H3. The van der Waals surface area contributed by atoms with Crippen LogP contribution in [-0.2, 0) is 4.79 Å². The molecule has 0 spiro atoms. The third-order valence-electron chi connectivity index (χ3n) is 3.83. The van der Waals surface area contributed by atoms with Crippen molar-refractivity contribution in [2.45, 2.75) is 32.1 Å². The summed E-state index contributed by atoms with van der Waals surface area (Å²) >= 11 is 0. The molecule has 104 valence electrons. The van der Waals surface area contributed by atoms with Gasteiger partial charge in [-0.25, -0.2) is 0 Å². The van der Waals surface area contributed by atoms with E-state index in [0.717, 1.165) is 12.1 Å². The minimum absolute atomic E-state index is 0.00824. The van der Waals surface area contributed by atoms with Gasteiger partial charge in [-0.2, -0.15) is 0 Å². The van der Waals surface area contributed by atoms with Crippen molar-refractivity contribution in [1.82, 2.24) is 15.1 Å². The molecule has 0 aromatic heterocycles. The molecule has 1 aromatic rings. The van der Waals surface area contributed by atoms with Crippen LogP contribution in [0.25, 0.3) is 0 Å². The van der Waals surface area contributed by atoms with E-state index in [9.17, 15) is 4.79 Å². The van der Waals surface area contributed by atoms with Crippen LogP contribution in [-0.4, -0.2) is 48.4 Å². The third-order valence-corrected chi connectivity index (χ3v) is 3.83. The molecule has 4 nitrogen and oxygen atoms in total. The van der Waals surface area contributed by atoms with E-state index in [-0.39, 0.29) is 18.1 Å². The number of amides is 1. The number of likely N-dealkylation sites (N-methyl/N-ethyl adjacent to an activating group) is 1. The van der Waals surface area contributed by atoms with Crippen molar-refractivity contribution in [1.29, 1.82) is 0 Å². The number of carbonyl (C=O) groups excluding carboxylic acids is 1. The highest BCUT2D eigenvalue weighted by atomic mass is 16.2. The number of rotatable bonds is 4. The molecule has 1 aliphatic rings. The van der Waals surface area contributed by atoms with Gasteiger partial charge < -0.3 is 9.80 Å². The van der Waals surface area contributed by atoms with Crippen molar-refractivity contribution in [3.05, 3.63) is 35.9 Å². The first kappa shape index (κ1) is 14.0. The van der Waals surface area contributed by atoms with Crippen molar-refractivity contribution < 1.29 is 4.79 Å². The van der Waals surface area contributed by atoms with Crippen LogP contribution in [0.15, 0.2) is 30.3 Å². The van der Waals surface area contributed by atoms with Gasteiger partial charge in [0.25, 0.3) is 0 Å². The van der Waals surface area contributed by atoms with Crippen LogP contribution in [0.1, 0.15) is 25.6 Å². The molecule has 1 fully saturated rings. The lowest BCUT2D eigenvalue weighted by atomic mass is 10.1. The lowest BCUT2D eigenvalue weighted by molar-refractivity contribution is -0.130. The van der Waals surface area contributed by atoms with E-state index in [4.69, 9.17) is 0 Å². The van der Waals surface area contributed by atoms with E-state index < -0.39 is 0 Å². The normalized spacial score (nSPS) is 25.1. The zero-order valence-electron chi connectivity index (χ0n) is 12.1. The van der Waals surface area contributed by atoms with E-state index in [0.29, 0.717) is 6.04 Å². The van der Waals surface area contributed by atoms with Gasteiger partial charge in [-0.1, -0.05) is 30.3 Å². The second-order valence-corrected chi connectivity index (χ2v) is 5.50. The molecule has 2 rings (SSSR count). The second-order valence-electron chi connectivity index (χ2n) is 5.50. The summed E-state index contributed by atoms with van der Waals surface area (Å²) in [4.78, 5) is 16.4. The van der Waals surface area contributed by atoms with Gasteiger partial charge in [-0.15, -0.1) is 0 Å². The summed E-state index contributed by atoms with van der Waals surface area (Å²) in [6.45, 7) is 4.81. The number of nitrogens with one attached hydrogen (secondary N) is 1. The fourth-order valence-electron chi connectivity index (χ4n) is 2.33. The first-order valence-corrected chi connectivity index (χ1v) is 6.78. The Bertz CT molecular complexity index is 432. The molecule has 1 amide bonds. The van der Waals surface area contributed by atoms with E-state index in [1.54, 1.807) is 0 Å². The average molecular weight is 261 g/mol. The quantitative estimate of drug-likeness (QED) is 0.891. The molecule has 3 unspecified atom stereocenters. The number of hydrogen-bond acceptors (Lipinski definition) is 3. The van der Waals surface area contributed by atoms with Crippen molar-refractivity contribution >= 4 is 5.91 Å². The number of nitrogens with zero attached hydrogens (tertiary/aromatic N) is 2. The van der Waals surface area contributed by atoms with Crippen LogP contribution in [0.5, 0.6) is 0 Å². The Morgan fingerprint density at radius 3 is 2.53 bits per heavy atom. The summed E-state index contributed by atoms with van der Waals surface area (Å²) in [5.74, 6) is 0.183. The largest absolute Gasteiger partial charge is 0.320 e. The highest BCUT2D eigenvalue weighted by molar-refractivity contribution is 5.84. The Morgan fingerprint density at radius 2 is 1.95 bits per heavy atom. The lowest BCUT2D eigenvalue weighted by Crippen LogP contribution is -2.41. The van der Waals surface area contributed by atoms with E-state index in [2.05, 4.69) is 29.3 Å². The van der Waals surface area contributed by atoms with Gasteiger partial charge in [0.1, 0.15) is 6.17 Å². The van der Waals surface area contributed by atoms with Crippen molar-refractivity contribution in [3.8, 4) is 0 Å². The van der Waals surface area contributed by atoms with Gasteiger partial charge in [-0.05, 0) is 33.5 Å². The molecular formula is C15H23N3O. The van der Waals surface area contributed by atoms with Crippen molar-refractivity contribution in [3.63, 3.8) is 0 Å². The fraction of sp³-hybridized carbons (Fsp3) is 0.533. The second kappa shape index (κ2) is 5.72. The molecule has 19 heavy (non-hydrogen) atoms. The Morgan fingerprint density at radius 1 is 1.32 bits per heavy atom. The van der Waals surface area contributed by atoms with Gasteiger partial charge in [0.05, 0.1) is 6.04 Å². The SMILES string of the molecule is CC1NC(c2ccccc2)N(CC(C)N(C)C)C1=O. The van der Waals surface area contributed by atoms with Gasteiger partial charge >= 0.3 is 0 Å². The van der Waals surface area contributed by atoms with E-state index in [1.807, 2.05) is 44.1 Å². The van der Waals surface area contributed by atoms with Crippen LogP contribution in [0.2, 0.25) is 0 Å². The molecule has 0 radical (unpaired) electrons. The maximum Gasteiger partial charge on any atom is 0.241 e. The van der Waals surface area contributed by atoms with Gasteiger partial charge in [0.2, 0.25) is 5.91 Å². The Balaban J connectivity index is 2.19. The van der Waals surface area contributed by atoms with Crippen LogP contribution in [0.3, 0.4) is 0 Å². The molecule has 1 saturated heterocycles. The highest BCUT2D eigenvalue weighted by Crippen LogP contribution is 2.25. The van der Waals surface area contributed by atoms with E-state index >= 15 is 0 Å². The summed E-state index contributed by atoms with van der Waals surface area (Å²) in [5, 5.41) is 3.37. The average Bonchev–Trinajstić information content (AvgIpc) is 2.68. The summed E-state index contributed by atoms with van der Waals surface area (Å²) in [6, 6.07) is 10.4. The fourth-order valence-corrected chi connectivity index (χ4v) is 2.33. The molecule has 1 aliphatic heterocycles. The first-order chi connectivity index (χ1) is 9.00. The highest BCUT2D eigenvalue weighted by Gasteiger charge is 2.37. The Labute approximate surface area is 115 Å². The molecule has 4 heteroatoms. The summed E-state index contributed by atoms with van der Waals surface area (Å²) in [7, 11) is 4.08. The van der Waals surface area contributed by atoms with Crippen LogP contribution < -0.4 is 5.32 Å². The van der Waals surface area contributed by atoms with Crippen molar-refractivity contribution in [2.75, 3.05) is 20.6 Å². The van der Waals surface area contributed by atoms with Crippen LogP contribution in [0, 0.1) is 0 Å². The molecule has 1 aromatic carbocycles. The molecular weight excluding hydrogens is 238 g/mol. The minimum Gasteiger partial charge on any atom is -0.320 e. The Hall–Kier alpha value is -1.39. The minimum atomic E-state index is -0.112. The maximum absolute atomic E-state index is 12.3. The third kappa shape index (κ3) is 2.96. The van der Waals surface area contributed by atoms with Crippen LogP contribution in [0.4, 0.5) is 0 Å².